The Bertz CT molecular complexity index is 445. The first kappa shape index (κ1) is 16.2. The van der Waals surface area contributed by atoms with Crippen LogP contribution in [0, 0.1) is 0 Å². The molecule has 1 aliphatic heterocycles. The number of anilines is 2. The third-order valence-corrected chi connectivity index (χ3v) is 3.27. The van der Waals surface area contributed by atoms with Gasteiger partial charge in [0.25, 0.3) is 0 Å². The van der Waals surface area contributed by atoms with Gasteiger partial charge in [-0.15, -0.1) is 0 Å². The molecular formula is C12H20ClN5O3. The van der Waals surface area contributed by atoms with E-state index in [2.05, 4.69) is 15.0 Å². The summed E-state index contributed by atoms with van der Waals surface area (Å²) in [5.74, 6) is 0.983. The molecule has 118 valence electrons. The van der Waals surface area contributed by atoms with Crippen molar-refractivity contribution in [3.63, 3.8) is 0 Å². The highest BCUT2D eigenvalue weighted by Gasteiger charge is 2.18. The number of halogens is 1. The van der Waals surface area contributed by atoms with Gasteiger partial charge in [0.2, 0.25) is 17.2 Å². The number of aliphatic hydroxyl groups excluding tert-OH is 1. The van der Waals surface area contributed by atoms with Crippen LogP contribution >= 0.6 is 11.6 Å². The molecule has 0 atom stereocenters. The van der Waals surface area contributed by atoms with E-state index in [-0.39, 0.29) is 11.9 Å². The molecule has 0 bridgehead atoms. The molecule has 2 rings (SSSR count). The number of morpholine rings is 1. The van der Waals surface area contributed by atoms with E-state index in [1.165, 1.54) is 0 Å². The van der Waals surface area contributed by atoms with Crippen molar-refractivity contribution in [1.29, 1.82) is 0 Å². The smallest absolute Gasteiger partial charge is 0.231 e. The van der Waals surface area contributed by atoms with Crippen LogP contribution in [0.25, 0.3) is 0 Å². The second-order valence-electron chi connectivity index (χ2n) is 4.51. The first-order valence-corrected chi connectivity index (χ1v) is 7.21. The number of aliphatic hydroxyl groups is 1. The lowest BCUT2D eigenvalue weighted by Crippen LogP contribution is -2.38. The van der Waals surface area contributed by atoms with Crippen molar-refractivity contribution in [2.75, 3.05) is 69.5 Å². The quantitative estimate of drug-likeness (QED) is 0.740. The number of hydrogen-bond donors (Lipinski definition) is 1. The molecule has 1 fully saturated rings. The largest absolute Gasteiger partial charge is 0.395 e. The molecule has 21 heavy (non-hydrogen) atoms. The number of aromatic nitrogens is 3. The molecular weight excluding hydrogens is 298 g/mol. The maximum Gasteiger partial charge on any atom is 0.231 e. The van der Waals surface area contributed by atoms with Crippen LogP contribution in [0.1, 0.15) is 0 Å². The third kappa shape index (κ3) is 4.63. The van der Waals surface area contributed by atoms with E-state index in [0.717, 1.165) is 13.1 Å². The van der Waals surface area contributed by atoms with Gasteiger partial charge in [-0.3, -0.25) is 0 Å². The van der Waals surface area contributed by atoms with Gasteiger partial charge in [0.15, 0.2) is 0 Å². The van der Waals surface area contributed by atoms with Gasteiger partial charge in [0.1, 0.15) is 0 Å². The van der Waals surface area contributed by atoms with Crippen LogP contribution in [0.15, 0.2) is 0 Å². The van der Waals surface area contributed by atoms with E-state index >= 15 is 0 Å². The van der Waals surface area contributed by atoms with Gasteiger partial charge in [0, 0.05) is 33.3 Å². The zero-order valence-electron chi connectivity index (χ0n) is 12.0. The van der Waals surface area contributed by atoms with Gasteiger partial charge < -0.3 is 24.4 Å². The standard InChI is InChI=1S/C12H20ClN5O3/c1-20-7-3-17(2-6-19)11-14-10(13)15-12(16-11)18-4-8-21-9-5-18/h19H,2-9H2,1H3. The fraction of sp³-hybridized carbons (Fsp3) is 0.750. The maximum atomic E-state index is 9.17. The Morgan fingerprint density at radius 3 is 2.71 bits per heavy atom. The summed E-state index contributed by atoms with van der Waals surface area (Å²) in [6.07, 6.45) is 0. The average molecular weight is 318 g/mol. The van der Waals surface area contributed by atoms with Crippen molar-refractivity contribution >= 4 is 23.5 Å². The number of nitrogens with zero attached hydrogens (tertiary/aromatic N) is 5. The predicted molar refractivity (Wildman–Crippen MR) is 79.0 cm³/mol. The van der Waals surface area contributed by atoms with E-state index in [4.69, 9.17) is 21.1 Å². The van der Waals surface area contributed by atoms with Gasteiger partial charge >= 0.3 is 0 Å². The second-order valence-corrected chi connectivity index (χ2v) is 4.85. The summed E-state index contributed by atoms with van der Waals surface area (Å²) in [4.78, 5) is 16.6. The minimum absolute atomic E-state index is 0.0000954. The molecule has 0 aromatic carbocycles. The molecule has 0 saturated carbocycles. The SMILES string of the molecule is COCCN(CCO)c1nc(Cl)nc(N2CCOCC2)n1. The molecule has 1 aromatic rings. The summed E-state index contributed by atoms with van der Waals surface area (Å²) in [5.41, 5.74) is 0. The molecule has 9 heteroatoms. The van der Waals surface area contributed by atoms with Crippen molar-refractivity contribution < 1.29 is 14.6 Å². The average Bonchev–Trinajstić information content (AvgIpc) is 2.51. The zero-order valence-corrected chi connectivity index (χ0v) is 12.8. The van der Waals surface area contributed by atoms with Crippen LogP contribution in [-0.2, 0) is 9.47 Å². The zero-order chi connectivity index (χ0) is 15.1. The van der Waals surface area contributed by atoms with Gasteiger partial charge in [0.05, 0.1) is 26.4 Å². The monoisotopic (exact) mass is 317 g/mol. The molecule has 8 nitrogen and oxygen atoms in total. The number of methoxy groups -OCH3 is 1. The minimum atomic E-state index is -0.0000954. The van der Waals surface area contributed by atoms with Crippen LogP contribution in [0.5, 0.6) is 0 Å². The van der Waals surface area contributed by atoms with E-state index in [0.29, 0.717) is 44.8 Å². The van der Waals surface area contributed by atoms with Crippen molar-refractivity contribution in [3.8, 4) is 0 Å². The molecule has 1 N–H and O–H groups in total. The highest BCUT2D eigenvalue weighted by atomic mass is 35.5. The third-order valence-electron chi connectivity index (χ3n) is 3.10. The van der Waals surface area contributed by atoms with E-state index in [1.807, 2.05) is 9.80 Å². The van der Waals surface area contributed by atoms with Crippen LogP contribution in [0.2, 0.25) is 5.28 Å². The predicted octanol–water partition coefficient (Wildman–Crippen LogP) is -0.193. The molecule has 0 unspecified atom stereocenters. The number of rotatable bonds is 7. The molecule has 0 aliphatic carbocycles. The van der Waals surface area contributed by atoms with Gasteiger partial charge in [-0.1, -0.05) is 0 Å². The Balaban J connectivity index is 2.18. The first-order valence-electron chi connectivity index (χ1n) is 6.83. The van der Waals surface area contributed by atoms with Crippen molar-refractivity contribution in [1.82, 2.24) is 15.0 Å². The van der Waals surface area contributed by atoms with E-state index in [1.54, 1.807) is 7.11 Å². The molecule has 0 radical (unpaired) electrons. The van der Waals surface area contributed by atoms with Crippen LogP contribution in [0.4, 0.5) is 11.9 Å². The van der Waals surface area contributed by atoms with Gasteiger partial charge in [-0.25, -0.2) is 0 Å². The summed E-state index contributed by atoms with van der Waals surface area (Å²) in [5, 5.41) is 9.31. The number of hydrogen-bond acceptors (Lipinski definition) is 8. The summed E-state index contributed by atoms with van der Waals surface area (Å²) in [7, 11) is 1.62. The molecule has 0 spiro atoms. The van der Waals surface area contributed by atoms with E-state index < -0.39 is 0 Å². The van der Waals surface area contributed by atoms with Crippen LogP contribution in [-0.4, -0.2) is 79.8 Å². The molecule has 0 amide bonds. The van der Waals surface area contributed by atoms with Crippen LogP contribution in [0.3, 0.4) is 0 Å². The summed E-state index contributed by atoms with van der Waals surface area (Å²) < 4.78 is 10.4. The van der Waals surface area contributed by atoms with Crippen molar-refractivity contribution in [3.05, 3.63) is 5.28 Å². The summed E-state index contributed by atoms with van der Waals surface area (Å²) >= 11 is 6.01. The highest BCUT2D eigenvalue weighted by molar-refractivity contribution is 6.28. The maximum absolute atomic E-state index is 9.17. The first-order chi connectivity index (χ1) is 10.2. The minimum Gasteiger partial charge on any atom is -0.395 e. The Kier molecular flexibility index (Phi) is 6.37. The lowest BCUT2D eigenvalue weighted by molar-refractivity contribution is 0.122. The Labute approximate surface area is 128 Å². The Hall–Kier alpha value is -1.22. The molecule has 1 aromatic heterocycles. The fourth-order valence-corrected chi connectivity index (χ4v) is 2.16. The lowest BCUT2D eigenvalue weighted by atomic mass is 10.4. The highest BCUT2D eigenvalue weighted by Crippen LogP contribution is 2.17. The number of ether oxygens (including phenoxy) is 2. The summed E-state index contributed by atoms with van der Waals surface area (Å²) in [6.45, 7) is 4.21. The fourth-order valence-electron chi connectivity index (χ4n) is 2.01. The molecule has 2 heterocycles. The van der Waals surface area contributed by atoms with Crippen molar-refractivity contribution in [2.24, 2.45) is 0 Å². The Morgan fingerprint density at radius 2 is 2.05 bits per heavy atom. The van der Waals surface area contributed by atoms with Gasteiger partial charge in [-0.2, -0.15) is 15.0 Å². The van der Waals surface area contributed by atoms with E-state index in [9.17, 15) is 5.11 Å². The normalized spacial score (nSPS) is 15.3. The Morgan fingerprint density at radius 1 is 1.29 bits per heavy atom. The molecule has 1 saturated heterocycles. The topological polar surface area (TPSA) is 83.8 Å². The second kappa shape index (κ2) is 8.28. The molecule has 1 aliphatic rings. The van der Waals surface area contributed by atoms with Crippen LogP contribution < -0.4 is 9.80 Å². The van der Waals surface area contributed by atoms with Gasteiger partial charge in [-0.05, 0) is 11.6 Å². The summed E-state index contributed by atoms with van der Waals surface area (Å²) in [6, 6.07) is 0. The van der Waals surface area contributed by atoms with Crippen molar-refractivity contribution in [2.45, 2.75) is 0 Å². The lowest BCUT2D eigenvalue weighted by Gasteiger charge is -2.28.